The fourth-order valence-corrected chi connectivity index (χ4v) is 3.39. The van der Waals surface area contributed by atoms with Gasteiger partial charge in [-0.3, -0.25) is 9.69 Å². The van der Waals surface area contributed by atoms with E-state index in [1.807, 2.05) is 35.0 Å². The first-order valence-corrected chi connectivity index (χ1v) is 8.43. The Hall–Kier alpha value is -1.85. The van der Waals surface area contributed by atoms with Crippen LogP contribution >= 0.6 is 0 Å². The van der Waals surface area contributed by atoms with Gasteiger partial charge in [-0.15, -0.1) is 0 Å². The number of carbonyl (C=O) groups is 1. The first-order valence-electron chi connectivity index (χ1n) is 8.43. The second kappa shape index (κ2) is 7.62. The zero-order chi connectivity index (χ0) is 16.1. The highest BCUT2D eigenvalue weighted by atomic mass is 16.3. The molecule has 1 saturated heterocycles. The third-order valence-corrected chi connectivity index (χ3v) is 4.68. The van der Waals surface area contributed by atoms with Crippen molar-refractivity contribution in [2.75, 3.05) is 26.2 Å². The van der Waals surface area contributed by atoms with E-state index in [1.54, 1.807) is 0 Å². The van der Waals surface area contributed by atoms with Crippen molar-refractivity contribution in [1.29, 1.82) is 0 Å². The van der Waals surface area contributed by atoms with Crippen molar-refractivity contribution in [2.24, 2.45) is 0 Å². The van der Waals surface area contributed by atoms with Crippen molar-refractivity contribution in [1.82, 2.24) is 14.8 Å². The van der Waals surface area contributed by atoms with Gasteiger partial charge in [-0.2, -0.15) is 0 Å². The minimum atomic E-state index is 0.0314. The number of nitrogens with zero attached hydrogens (tertiary/aromatic N) is 2. The van der Waals surface area contributed by atoms with E-state index in [1.165, 1.54) is 12.8 Å². The van der Waals surface area contributed by atoms with Crippen molar-refractivity contribution < 1.29 is 9.90 Å². The molecule has 0 radical (unpaired) electrons. The molecule has 2 N–H and O–H groups in total. The van der Waals surface area contributed by atoms with Gasteiger partial charge in [-0.25, -0.2) is 0 Å². The average molecular weight is 315 g/mol. The number of rotatable bonds is 6. The fourth-order valence-electron chi connectivity index (χ4n) is 3.39. The van der Waals surface area contributed by atoms with E-state index in [4.69, 9.17) is 0 Å². The number of piperidine rings is 1. The number of aliphatic hydroxyl groups excluding tert-OH is 1. The lowest BCUT2D eigenvalue weighted by atomic mass is 10.0. The lowest BCUT2D eigenvalue weighted by Gasteiger charge is -2.34. The fraction of sp³-hybridized carbons (Fsp3) is 0.500. The van der Waals surface area contributed by atoms with Crippen LogP contribution in [-0.2, 0) is 11.3 Å². The predicted octanol–water partition coefficient (Wildman–Crippen LogP) is 1.60. The van der Waals surface area contributed by atoms with Crippen LogP contribution in [0.3, 0.4) is 0 Å². The van der Waals surface area contributed by atoms with Crippen LogP contribution in [0, 0.1) is 0 Å². The number of aliphatic hydroxyl groups is 1. The van der Waals surface area contributed by atoms with E-state index in [0.717, 1.165) is 30.4 Å². The highest BCUT2D eigenvalue weighted by molar-refractivity contribution is 5.83. The molecule has 0 saturated carbocycles. The molecule has 23 heavy (non-hydrogen) atoms. The Morgan fingerprint density at radius 2 is 2.13 bits per heavy atom. The van der Waals surface area contributed by atoms with Crippen molar-refractivity contribution in [3.05, 3.63) is 36.5 Å². The maximum Gasteiger partial charge on any atom is 0.239 e. The number of hydrogen-bond acceptors (Lipinski definition) is 3. The van der Waals surface area contributed by atoms with Gasteiger partial charge in [0.25, 0.3) is 0 Å². The third-order valence-electron chi connectivity index (χ3n) is 4.68. The molecule has 1 aliphatic rings. The second-order valence-electron chi connectivity index (χ2n) is 6.22. The average Bonchev–Trinajstić information content (AvgIpc) is 2.98. The molecule has 2 heterocycles. The minimum absolute atomic E-state index is 0.0314. The minimum Gasteiger partial charge on any atom is -0.395 e. The van der Waals surface area contributed by atoms with Crippen LogP contribution in [0.5, 0.6) is 0 Å². The number of benzene rings is 1. The SMILES string of the molecule is O=C(Cn1ccc2ccccc21)NCCN1CCCC[C@H]1CO. The predicted molar refractivity (Wildman–Crippen MR) is 91.2 cm³/mol. The standard InChI is InChI=1S/C18H25N3O2/c22-14-16-6-3-4-10-20(16)12-9-19-18(23)13-21-11-8-15-5-1-2-7-17(15)21/h1-2,5,7-8,11,16,22H,3-4,6,9-10,12-14H2,(H,19,23)/t16-/m0/s1. The highest BCUT2D eigenvalue weighted by Crippen LogP contribution is 2.16. The summed E-state index contributed by atoms with van der Waals surface area (Å²) in [7, 11) is 0. The van der Waals surface area contributed by atoms with E-state index < -0.39 is 0 Å². The molecule has 2 aromatic rings. The molecule has 1 amide bonds. The lowest BCUT2D eigenvalue weighted by Crippen LogP contribution is -2.45. The van der Waals surface area contributed by atoms with Crippen molar-refractivity contribution in [3.63, 3.8) is 0 Å². The molecule has 1 aliphatic heterocycles. The van der Waals surface area contributed by atoms with Crippen molar-refractivity contribution in [2.45, 2.75) is 31.8 Å². The van der Waals surface area contributed by atoms with Crippen molar-refractivity contribution in [3.8, 4) is 0 Å². The van der Waals surface area contributed by atoms with Gasteiger partial charge in [0.15, 0.2) is 0 Å². The second-order valence-corrected chi connectivity index (χ2v) is 6.22. The van der Waals surface area contributed by atoms with E-state index in [-0.39, 0.29) is 18.6 Å². The van der Waals surface area contributed by atoms with Gasteiger partial charge >= 0.3 is 0 Å². The van der Waals surface area contributed by atoms with Gasteiger partial charge in [0, 0.05) is 30.8 Å². The zero-order valence-electron chi connectivity index (χ0n) is 13.4. The summed E-state index contributed by atoms with van der Waals surface area (Å²) < 4.78 is 1.97. The third kappa shape index (κ3) is 3.92. The summed E-state index contributed by atoms with van der Waals surface area (Å²) in [5.41, 5.74) is 1.08. The molecule has 1 fully saturated rings. The first kappa shape index (κ1) is 16.0. The molecule has 5 heteroatoms. The van der Waals surface area contributed by atoms with Gasteiger partial charge in [0.2, 0.25) is 5.91 Å². The monoisotopic (exact) mass is 315 g/mol. The molecular formula is C18H25N3O2. The number of para-hydroxylation sites is 1. The number of amides is 1. The molecular weight excluding hydrogens is 290 g/mol. The zero-order valence-corrected chi connectivity index (χ0v) is 13.4. The molecule has 1 aromatic carbocycles. The van der Waals surface area contributed by atoms with Crippen LogP contribution in [-0.4, -0.2) is 52.8 Å². The molecule has 0 unspecified atom stereocenters. The van der Waals surface area contributed by atoms with E-state index >= 15 is 0 Å². The normalized spacial score (nSPS) is 19.1. The molecule has 5 nitrogen and oxygen atoms in total. The van der Waals surface area contributed by atoms with E-state index in [0.29, 0.717) is 13.1 Å². The number of hydrogen-bond donors (Lipinski definition) is 2. The van der Waals surface area contributed by atoms with Crippen LogP contribution in [0.25, 0.3) is 10.9 Å². The summed E-state index contributed by atoms with van der Waals surface area (Å²) in [5, 5.41) is 13.6. The Morgan fingerprint density at radius 3 is 3.00 bits per heavy atom. The first-order chi connectivity index (χ1) is 11.3. The number of nitrogens with one attached hydrogen (secondary N) is 1. The summed E-state index contributed by atoms with van der Waals surface area (Å²) >= 11 is 0. The van der Waals surface area contributed by atoms with Crippen LogP contribution in [0.4, 0.5) is 0 Å². The maximum absolute atomic E-state index is 12.1. The molecule has 1 atom stereocenters. The summed E-state index contributed by atoms with van der Waals surface area (Å²) in [6, 6.07) is 10.4. The molecule has 0 bridgehead atoms. The van der Waals surface area contributed by atoms with Gasteiger partial charge in [-0.05, 0) is 36.9 Å². The van der Waals surface area contributed by atoms with Crippen LogP contribution in [0.2, 0.25) is 0 Å². The Balaban J connectivity index is 1.48. The number of carbonyl (C=O) groups excluding carboxylic acids is 1. The maximum atomic E-state index is 12.1. The number of likely N-dealkylation sites (tertiary alicyclic amines) is 1. The Morgan fingerprint density at radius 1 is 1.26 bits per heavy atom. The molecule has 124 valence electrons. The molecule has 1 aromatic heterocycles. The summed E-state index contributed by atoms with van der Waals surface area (Å²) in [6.45, 7) is 3.02. The van der Waals surface area contributed by atoms with E-state index in [2.05, 4.69) is 16.3 Å². The smallest absolute Gasteiger partial charge is 0.239 e. The highest BCUT2D eigenvalue weighted by Gasteiger charge is 2.21. The van der Waals surface area contributed by atoms with Crippen molar-refractivity contribution >= 4 is 16.8 Å². The quantitative estimate of drug-likeness (QED) is 0.851. The number of aromatic nitrogens is 1. The van der Waals surface area contributed by atoms with Gasteiger partial charge in [-0.1, -0.05) is 24.6 Å². The van der Waals surface area contributed by atoms with Gasteiger partial charge in [0.1, 0.15) is 6.54 Å². The van der Waals surface area contributed by atoms with E-state index in [9.17, 15) is 9.90 Å². The Bertz CT molecular complexity index is 653. The van der Waals surface area contributed by atoms with Crippen LogP contribution < -0.4 is 5.32 Å². The molecule has 0 aliphatic carbocycles. The van der Waals surface area contributed by atoms with Crippen LogP contribution in [0.1, 0.15) is 19.3 Å². The van der Waals surface area contributed by atoms with Crippen LogP contribution in [0.15, 0.2) is 36.5 Å². The van der Waals surface area contributed by atoms with Gasteiger partial charge in [0.05, 0.1) is 6.61 Å². The summed E-state index contributed by atoms with van der Waals surface area (Å²) in [6.07, 6.45) is 5.38. The Kier molecular flexibility index (Phi) is 5.31. The largest absolute Gasteiger partial charge is 0.395 e. The Labute approximate surface area is 136 Å². The summed E-state index contributed by atoms with van der Waals surface area (Å²) in [5.74, 6) is 0.0314. The van der Waals surface area contributed by atoms with Gasteiger partial charge < -0.3 is 15.0 Å². The molecule has 0 spiro atoms. The summed E-state index contributed by atoms with van der Waals surface area (Å²) in [4.78, 5) is 14.4. The topological polar surface area (TPSA) is 57.5 Å². The lowest BCUT2D eigenvalue weighted by molar-refractivity contribution is -0.121. The number of fused-ring (bicyclic) bond motifs is 1. The molecule has 3 rings (SSSR count).